The van der Waals surface area contributed by atoms with E-state index >= 15 is 0 Å². The van der Waals surface area contributed by atoms with Gasteiger partial charge in [-0.2, -0.15) is 0 Å². The van der Waals surface area contributed by atoms with E-state index in [1.807, 2.05) is 49.4 Å². The topological polar surface area (TPSA) is 54.0 Å². The number of hydrogen-bond acceptors (Lipinski definition) is 5. The van der Waals surface area contributed by atoms with E-state index in [1.54, 1.807) is 13.2 Å². The summed E-state index contributed by atoms with van der Waals surface area (Å²) in [7, 11) is 1.63. The molecule has 1 N–H and O–H groups in total. The van der Waals surface area contributed by atoms with Crippen molar-refractivity contribution in [1.29, 1.82) is 0 Å². The lowest BCUT2D eigenvalue weighted by atomic mass is 10.0. The van der Waals surface area contributed by atoms with Crippen LogP contribution in [0.25, 0.3) is 11.1 Å². The number of anilines is 1. The Balaban J connectivity index is 1.42. The first-order valence-corrected chi connectivity index (χ1v) is 12.3. The van der Waals surface area contributed by atoms with Crippen LogP contribution < -0.4 is 19.7 Å². The van der Waals surface area contributed by atoms with Crippen LogP contribution in [0.3, 0.4) is 0 Å². The van der Waals surface area contributed by atoms with Crippen molar-refractivity contribution >= 4 is 11.6 Å². The number of carbonyl (C=O) groups is 1. The Morgan fingerprint density at radius 2 is 1.63 bits per heavy atom. The molecule has 184 valence electrons. The number of methoxy groups -OCH3 is 1. The Hall–Kier alpha value is -3.51. The predicted molar refractivity (Wildman–Crippen MR) is 142 cm³/mol. The molecular formula is C29H35N3O3. The van der Waals surface area contributed by atoms with Crippen molar-refractivity contribution in [3.8, 4) is 22.6 Å². The average Bonchev–Trinajstić information content (AvgIpc) is 2.92. The van der Waals surface area contributed by atoms with E-state index in [4.69, 9.17) is 9.47 Å². The van der Waals surface area contributed by atoms with Gasteiger partial charge in [0, 0.05) is 55.6 Å². The molecule has 0 aliphatic carbocycles. The predicted octanol–water partition coefficient (Wildman–Crippen LogP) is 4.70. The van der Waals surface area contributed by atoms with Gasteiger partial charge >= 0.3 is 0 Å². The highest BCUT2D eigenvalue weighted by atomic mass is 16.5. The van der Waals surface area contributed by atoms with E-state index in [0.717, 1.165) is 37.3 Å². The first kappa shape index (κ1) is 24.6. The van der Waals surface area contributed by atoms with Crippen molar-refractivity contribution in [3.63, 3.8) is 0 Å². The Morgan fingerprint density at radius 1 is 0.971 bits per heavy atom. The van der Waals surface area contributed by atoms with E-state index in [0.29, 0.717) is 30.2 Å². The maximum absolute atomic E-state index is 13.2. The summed E-state index contributed by atoms with van der Waals surface area (Å²) in [6, 6.07) is 24.4. The van der Waals surface area contributed by atoms with E-state index in [-0.39, 0.29) is 11.9 Å². The molecule has 1 heterocycles. The lowest BCUT2D eigenvalue weighted by molar-refractivity contribution is 0.0934. The maximum Gasteiger partial charge on any atom is 0.251 e. The fraction of sp³-hybridized carbons (Fsp3) is 0.345. The number of benzene rings is 3. The Morgan fingerprint density at radius 3 is 2.26 bits per heavy atom. The summed E-state index contributed by atoms with van der Waals surface area (Å²) in [5.41, 5.74) is 3.65. The van der Waals surface area contributed by atoms with Crippen LogP contribution in [0, 0.1) is 0 Å². The zero-order valence-corrected chi connectivity index (χ0v) is 20.9. The van der Waals surface area contributed by atoms with Crippen LogP contribution in [0.15, 0.2) is 72.8 Å². The lowest BCUT2D eigenvalue weighted by Crippen LogP contribution is -2.52. The zero-order chi connectivity index (χ0) is 24.6. The summed E-state index contributed by atoms with van der Waals surface area (Å²) in [5, 5.41) is 3.13. The Labute approximate surface area is 208 Å². The molecule has 0 unspecified atom stereocenters. The number of amides is 1. The number of rotatable bonds is 9. The van der Waals surface area contributed by atoms with Crippen LogP contribution in [-0.2, 0) is 0 Å². The SMILES string of the molecule is CCOc1cc(C(=O)NC[C@@H](C)N2CCN(c3ccccc3)CC2)cc(-c2ccccc2)c1OC. The minimum Gasteiger partial charge on any atom is -0.492 e. The van der Waals surface area contributed by atoms with Gasteiger partial charge in [-0.1, -0.05) is 48.5 Å². The molecule has 1 atom stereocenters. The molecule has 6 nitrogen and oxygen atoms in total. The third-order valence-corrected chi connectivity index (χ3v) is 6.52. The molecule has 0 saturated carbocycles. The van der Waals surface area contributed by atoms with Crippen LogP contribution in [0.2, 0.25) is 0 Å². The molecule has 1 aliphatic rings. The molecular weight excluding hydrogens is 438 g/mol. The molecule has 0 radical (unpaired) electrons. The highest BCUT2D eigenvalue weighted by molar-refractivity contribution is 5.97. The number of nitrogens with one attached hydrogen (secondary N) is 1. The van der Waals surface area contributed by atoms with Crippen LogP contribution in [-0.4, -0.2) is 63.3 Å². The summed E-state index contributed by atoms with van der Waals surface area (Å²) >= 11 is 0. The Bertz CT molecular complexity index is 1100. The van der Waals surface area contributed by atoms with Gasteiger partial charge in [0.15, 0.2) is 11.5 Å². The minimum absolute atomic E-state index is 0.111. The van der Waals surface area contributed by atoms with Gasteiger partial charge < -0.3 is 19.7 Å². The van der Waals surface area contributed by atoms with E-state index < -0.39 is 0 Å². The summed E-state index contributed by atoms with van der Waals surface area (Å²) < 4.78 is 11.5. The number of nitrogens with zero attached hydrogens (tertiary/aromatic N) is 2. The molecule has 1 amide bonds. The van der Waals surface area contributed by atoms with Gasteiger partial charge in [0.05, 0.1) is 13.7 Å². The lowest BCUT2D eigenvalue weighted by Gasteiger charge is -2.39. The molecule has 0 aromatic heterocycles. The van der Waals surface area contributed by atoms with Crippen molar-refractivity contribution < 1.29 is 14.3 Å². The molecule has 6 heteroatoms. The van der Waals surface area contributed by atoms with Crippen LogP contribution >= 0.6 is 0 Å². The number of para-hydroxylation sites is 1. The van der Waals surface area contributed by atoms with Gasteiger partial charge in [-0.05, 0) is 43.7 Å². The molecule has 35 heavy (non-hydrogen) atoms. The van der Waals surface area contributed by atoms with Crippen LogP contribution in [0.1, 0.15) is 24.2 Å². The second-order valence-electron chi connectivity index (χ2n) is 8.77. The number of carbonyl (C=O) groups excluding carboxylic acids is 1. The summed E-state index contributed by atoms with van der Waals surface area (Å²) in [4.78, 5) is 18.0. The van der Waals surface area contributed by atoms with E-state index in [1.165, 1.54) is 5.69 Å². The molecule has 0 bridgehead atoms. The van der Waals surface area contributed by atoms with Crippen molar-refractivity contribution in [2.75, 3.05) is 51.3 Å². The summed E-state index contributed by atoms with van der Waals surface area (Å²) in [5.74, 6) is 1.10. The van der Waals surface area contributed by atoms with Crippen LogP contribution in [0.4, 0.5) is 5.69 Å². The fourth-order valence-electron chi connectivity index (χ4n) is 4.57. The number of piperazine rings is 1. The molecule has 1 saturated heterocycles. The normalized spacial score (nSPS) is 14.9. The number of ether oxygens (including phenoxy) is 2. The summed E-state index contributed by atoms with van der Waals surface area (Å²) in [6.45, 7) is 9.09. The Kier molecular flexibility index (Phi) is 8.27. The van der Waals surface area contributed by atoms with Crippen molar-refractivity contribution in [1.82, 2.24) is 10.2 Å². The third kappa shape index (κ3) is 5.95. The highest BCUT2D eigenvalue weighted by Gasteiger charge is 2.23. The van der Waals surface area contributed by atoms with Gasteiger partial charge in [0.2, 0.25) is 0 Å². The van der Waals surface area contributed by atoms with Crippen molar-refractivity contribution in [3.05, 3.63) is 78.4 Å². The van der Waals surface area contributed by atoms with Gasteiger partial charge in [-0.3, -0.25) is 9.69 Å². The van der Waals surface area contributed by atoms with Gasteiger partial charge in [-0.15, -0.1) is 0 Å². The maximum atomic E-state index is 13.2. The molecule has 1 aliphatic heterocycles. The second-order valence-corrected chi connectivity index (χ2v) is 8.77. The molecule has 3 aromatic carbocycles. The summed E-state index contributed by atoms with van der Waals surface area (Å²) in [6.07, 6.45) is 0. The first-order chi connectivity index (χ1) is 17.1. The quantitative estimate of drug-likeness (QED) is 0.488. The van der Waals surface area contributed by atoms with Gasteiger partial charge in [-0.25, -0.2) is 0 Å². The second kappa shape index (κ2) is 11.8. The molecule has 1 fully saturated rings. The third-order valence-electron chi connectivity index (χ3n) is 6.52. The number of hydrogen-bond donors (Lipinski definition) is 1. The molecule has 0 spiro atoms. The minimum atomic E-state index is -0.111. The van der Waals surface area contributed by atoms with Crippen molar-refractivity contribution in [2.45, 2.75) is 19.9 Å². The standard InChI is InChI=1S/C29H35N3O3/c1-4-35-27-20-24(19-26(28(27)34-3)23-11-7-5-8-12-23)29(33)30-21-22(2)31-15-17-32(18-16-31)25-13-9-6-10-14-25/h5-14,19-20,22H,4,15-18,21H2,1-3H3,(H,30,33)/t22-/m1/s1. The zero-order valence-electron chi connectivity index (χ0n) is 20.9. The average molecular weight is 474 g/mol. The highest BCUT2D eigenvalue weighted by Crippen LogP contribution is 2.39. The van der Waals surface area contributed by atoms with Crippen LogP contribution in [0.5, 0.6) is 11.5 Å². The van der Waals surface area contributed by atoms with Crippen molar-refractivity contribution in [2.24, 2.45) is 0 Å². The fourth-order valence-corrected chi connectivity index (χ4v) is 4.57. The first-order valence-electron chi connectivity index (χ1n) is 12.3. The van der Waals surface area contributed by atoms with Gasteiger partial charge in [0.25, 0.3) is 5.91 Å². The van der Waals surface area contributed by atoms with E-state index in [9.17, 15) is 4.79 Å². The smallest absolute Gasteiger partial charge is 0.251 e. The largest absolute Gasteiger partial charge is 0.492 e. The van der Waals surface area contributed by atoms with E-state index in [2.05, 4.69) is 46.3 Å². The molecule has 3 aromatic rings. The monoisotopic (exact) mass is 473 g/mol. The van der Waals surface area contributed by atoms with Gasteiger partial charge in [0.1, 0.15) is 0 Å². The molecule has 4 rings (SSSR count).